The second-order valence-corrected chi connectivity index (χ2v) is 4.39. The van der Waals surface area contributed by atoms with Gasteiger partial charge in [-0.05, 0) is 51.6 Å². The van der Waals surface area contributed by atoms with E-state index in [1.807, 2.05) is 13.8 Å². The molecule has 0 heterocycles. The molecule has 0 fully saturated rings. The Morgan fingerprint density at radius 1 is 1.32 bits per heavy atom. The van der Waals surface area contributed by atoms with E-state index in [4.69, 9.17) is 0 Å². The Labute approximate surface area is 113 Å². The zero-order chi connectivity index (χ0) is 14.4. The molecule has 5 heteroatoms. The largest absolute Gasteiger partial charge is 0.352 e. The monoisotopic (exact) mass is 263 g/mol. The van der Waals surface area contributed by atoms with E-state index in [-0.39, 0.29) is 17.9 Å². The summed E-state index contributed by atoms with van der Waals surface area (Å²) in [4.78, 5) is 23.4. The summed E-state index contributed by atoms with van der Waals surface area (Å²) in [7, 11) is 1.73. The maximum atomic E-state index is 11.8. The second-order valence-electron chi connectivity index (χ2n) is 4.39. The van der Waals surface area contributed by atoms with Crippen molar-refractivity contribution in [3.8, 4) is 0 Å². The Balaban J connectivity index is 2.83. The van der Waals surface area contributed by atoms with Crippen molar-refractivity contribution >= 4 is 17.5 Å². The van der Waals surface area contributed by atoms with Gasteiger partial charge in [-0.3, -0.25) is 9.59 Å². The predicted octanol–water partition coefficient (Wildman–Crippen LogP) is 1.29. The molecule has 0 bridgehead atoms. The van der Waals surface area contributed by atoms with E-state index in [2.05, 4.69) is 16.0 Å². The van der Waals surface area contributed by atoms with Crippen LogP contribution in [0.25, 0.3) is 0 Å². The van der Waals surface area contributed by atoms with E-state index in [0.29, 0.717) is 12.1 Å². The fraction of sp³-hybridized carbons (Fsp3) is 0.429. The summed E-state index contributed by atoms with van der Waals surface area (Å²) in [5, 5.41) is 8.44. The molecule has 0 aliphatic heterocycles. The van der Waals surface area contributed by atoms with E-state index >= 15 is 0 Å². The van der Waals surface area contributed by atoms with Gasteiger partial charge in [-0.2, -0.15) is 0 Å². The van der Waals surface area contributed by atoms with E-state index in [1.165, 1.54) is 0 Å². The van der Waals surface area contributed by atoms with Crippen molar-refractivity contribution in [3.63, 3.8) is 0 Å². The van der Waals surface area contributed by atoms with Crippen molar-refractivity contribution in [2.45, 2.75) is 26.8 Å². The topological polar surface area (TPSA) is 70.2 Å². The van der Waals surface area contributed by atoms with Gasteiger partial charge in [0.15, 0.2) is 0 Å². The average molecular weight is 263 g/mol. The zero-order valence-corrected chi connectivity index (χ0v) is 11.8. The number of amides is 2. The quantitative estimate of drug-likeness (QED) is 0.749. The molecule has 0 spiro atoms. The fourth-order valence-corrected chi connectivity index (χ4v) is 1.58. The number of rotatable bonds is 5. The van der Waals surface area contributed by atoms with Crippen LogP contribution in [0.2, 0.25) is 0 Å². The third-order valence-electron chi connectivity index (χ3n) is 2.91. The lowest BCUT2D eigenvalue weighted by molar-refractivity contribution is -0.117. The van der Waals surface area contributed by atoms with Crippen LogP contribution in [0.3, 0.4) is 0 Å². The Morgan fingerprint density at radius 2 is 2.00 bits per heavy atom. The molecule has 3 N–H and O–H groups in total. The minimum atomic E-state index is -0.262. The molecule has 0 saturated heterocycles. The highest BCUT2D eigenvalue weighted by atomic mass is 16.2. The molecule has 104 valence electrons. The number of anilines is 1. The first-order valence-corrected chi connectivity index (χ1v) is 6.36. The molecule has 19 heavy (non-hydrogen) atoms. The number of hydrogen-bond donors (Lipinski definition) is 3. The Hall–Kier alpha value is -1.88. The van der Waals surface area contributed by atoms with Crippen LogP contribution in [0.4, 0.5) is 5.69 Å². The van der Waals surface area contributed by atoms with Crippen LogP contribution in [0.5, 0.6) is 0 Å². The normalized spacial score (nSPS) is 11.8. The summed E-state index contributed by atoms with van der Waals surface area (Å²) in [5.74, 6) is -0.205. The molecule has 1 aromatic carbocycles. The highest BCUT2D eigenvalue weighted by Gasteiger charge is 2.12. The van der Waals surface area contributed by atoms with Crippen LogP contribution in [0.1, 0.15) is 29.8 Å². The lowest BCUT2D eigenvalue weighted by atomic mass is 10.1. The van der Waals surface area contributed by atoms with Gasteiger partial charge < -0.3 is 16.0 Å². The first kappa shape index (κ1) is 15.2. The summed E-state index contributed by atoms with van der Waals surface area (Å²) < 4.78 is 0. The molecule has 1 aromatic rings. The van der Waals surface area contributed by atoms with Gasteiger partial charge in [-0.15, -0.1) is 0 Å². The van der Waals surface area contributed by atoms with Gasteiger partial charge in [0.2, 0.25) is 5.91 Å². The summed E-state index contributed by atoms with van der Waals surface area (Å²) in [6.45, 7) is 6.12. The number of aryl methyl sites for hydroxylation is 1. The SMILES string of the molecule is CCNC(=O)c1ccc(NC(=O)C(C)NC)c(C)c1. The van der Waals surface area contributed by atoms with Gasteiger partial charge in [-0.25, -0.2) is 0 Å². The number of benzene rings is 1. The lowest BCUT2D eigenvalue weighted by Crippen LogP contribution is -2.35. The molecule has 0 radical (unpaired) electrons. The number of carbonyl (C=O) groups is 2. The molecule has 0 aromatic heterocycles. The molecule has 0 aliphatic carbocycles. The number of likely N-dealkylation sites (N-methyl/N-ethyl adjacent to an activating group) is 1. The smallest absolute Gasteiger partial charge is 0.251 e. The molecular formula is C14H21N3O2. The maximum Gasteiger partial charge on any atom is 0.251 e. The Kier molecular flexibility index (Phi) is 5.51. The minimum Gasteiger partial charge on any atom is -0.352 e. The Bertz CT molecular complexity index is 472. The van der Waals surface area contributed by atoms with Crippen molar-refractivity contribution in [1.29, 1.82) is 0 Å². The molecular weight excluding hydrogens is 242 g/mol. The molecule has 2 amide bonds. The summed E-state index contributed by atoms with van der Waals surface area (Å²) in [6.07, 6.45) is 0. The van der Waals surface area contributed by atoms with Gasteiger partial charge in [0, 0.05) is 17.8 Å². The standard InChI is InChI=1S/C14H21N3O2/c1-5-16-14(19)11-6-7-12(9(2)8-11)17-13(18)10(3)15-4/h6-8,10,15H,5H2,1-4H3,(H,16,19)(H,17,18). The molecule has 5 nitrogen and oxygen atoms in total. The predicted molar refractivity (Wildman–Crippen MR) is 76.3 cm³/mol. The van der Waals surface area contributed by atoms with Gasteiger partial charge in [0.25, 0.3) is 5.91 Å². The second kappa shape index (κ2) is 6.89. The molecule has 1 unspecified atom stereocenters. The summed E-state index contributed by atoms with van der Waals surface area (Å²) >= 11 is 0. The summed E-state index contributed by atoms with van der Waals surface area (Å²) in [6, 6.07) is 4.96. The third kappa shape index (κ3) is 4.06. The average Bonchev–Trinajstić information content (AvgIpc) is 2.40. The highest BCUT2D eigenvalue weighted by Crippen LogP contribution is 2.16. The van der Waals surface area contributed by atoms with Crippen LogP contribution in [-0.2, 0) is 4.79 Å². The third-order valence-corrected chi connectivity index (χ3v) is 2.91. The van der Waals surface area contributed by atoms with E-state index in [9.17, 15) is 9.59 Å². The van der Waals surface area contributed by atoms with Crippen LogP contribution in [0, 0.1) is 6.92 Å². The fourth-order valence-electron chi connectivity index (χ4n) is 1.58. The van der Waals surface area contributed by atoms with Crippen LogP contribution >= 0.6 is 0 Å². The van der Waals surface area contributed by atoms with Crippen LogP contribution < -0.4 is 16.0 Å². The summed E-state index contributed by atoms with van der Waals surface area (Å²) in [5.41, 5.74) is 2.18. The van der Waals surface area contributed by atoms with E-state index < -0.39 is 0 Å². The molecule has 1 atom stereocenters. The van der Waals surface area contributed by atoms with Crippen molar-refractivity contribution in [2.75, 3.05) is 18.9 Å². The van der Waals surface area contributed by atoms with Crippen molar-refractivity contribution < 1.29 is 9.59 Å². The zero-order valence-electron chi connectivity index (χ0n) is 11.8. The first-order chi connectivity index (χ1) is 8.99. The van der Waals surface area contributed by atoms with Crippen LogP contribution in [-0.4, -0.2) is 31.4 Å². The van der Waals surface area contributed by atoms with E-state index in [1.54, 1.807) is 32.2 Å². The minimum absolute atomic E-state index is 0.101. The highest BCUT2D eigenvalue weighted by molar-refractivity contribution is 5.97. The van der Waals surface area contributed by atoms with Gasteiger partial charge in [-0.1, -0.05) is 0 Å². The maximum absolute atomic E-state index is 11.8. The number of carbonyl (C=O) groups excluding carboxylic acids is 2. The Morgan fingerprint density at radius 3 is 2.53 bits per heavy atom. The van der Waals surface area contributed by atoms with E-state index in [0.717, 1.165) is 11.3 Å². The van der Waals surface area contributed by atoms with Crippen molar-refractivity contribution in [1.82, 2.24) is 10.6 Å². The van der Waals surface area contributed by atoms with Gasteiger partial charge in [0.05, 0.1) is 6.04 Å². The van der Waals surface area contributed by atoms with Crippen molar-refractivity contribution in [3.05, 3.63) is 29.3 Å². The van der Waals surface area contributed by atoms with Gasteiger partial charge in [0.1, 0.15) is 0 Å². The number of nitrogens with one attached hydrogen (secondary N) is 3. The van der Waals surface area contributed by atoms with Gasteiger partial charge >= 0.3 is 0 Å². The number of hydrogen-bond acceptors (Lipinski definition) is 3. The molecule has 1 rings (SSSR count). The first-order valence-electron chi connectivity index (χ1n) is 6.36. The van der Waals surface area contributed by atoms with Crippen LogP contribution in [0.15, 0.2) is 18.2 Å². The lowest BCUT2D eigenvalue weighted by Gasteiger charge is -2.13. The van der Waals surface area contributed by atoms with Crippen molar-refractivity contribution in [2.24, 2.45) is 0 Å². The molecule has 0 aliphatic rings. The molecule has 0 saturated carbocycles.